The van der Waals surface area contributed by atoms with E-state index in [1.807, 2.05) is 31.0 Å². The number of thioether (sulfide) groups is 1. The van der Waals surface area contributed by atoms with Crippen molar-refractivity contribution in [1.82, 2.24) is 9.80 Å². The standard InChI is InChI=1S/C24H26F2N2O2S/c1-4-31-23-22(24(29)30)16(2)12-21(27(3)14-17-8-10-19(25)11-9-17)28(23)15-18-6-5-7-20(26)13-18/h5-13,21H,4,14-15H2,1-3H3,(H,29,30). The van der Waals surface area contributed by atoms with Crippen molar-refractivity contribution >= 4 is 17.7 Å². The minimum absolute atomic E-state index is 0.245. The van der Waals surface area contributed by atoms with Crippen molar-refractivity contribution < 1.29 is 18.7 Å². The molecule has 164 valence electrons. The van der Waals surface area contributed by atoms with Crippen LogP contribution in [0.2, 0.25) is 0 Å². The maximum atomic E-state index is 13.8. The predicted octanol–water partition coefficient (Wildman–Crippen LogP) is 5.23. The number of halogens is 2. The molecule has 4 nitrogen and oxygen atoms in total. The molecule has 1 atom stereocenters. The molecule has 7 heteroatoms. The van der Waals surface area contributed by atoms with Gasteiger partial charge >= 0.3 is 5.97 Å². The first kappa shape index (κ1) is 23.0. The second-order valence-corrected chi connectivity index (χ2v) is 8.73. The van der Waals surface area contributed by atoms with Crippen molar-refractivity contribution in [2.45, 2.75) is 33.1 Å². The fraction of sp³-hybridized carbons (Fsp3) is 0.292. The van der Waals surface area contributed by atoms with E-state index in [2.05, 4.69) is 4.90 Å². The zero-order valence-corrected chi connectivity index (χ0v) is 18.6. The Morgan fingerprint density at radius 1 is 1.13 bits per heavy atom. The Balaban J connectivity index is 2.00. The van der Waals surface area contributed by atoms with Crippen LogP contribution in [0.3, 0.4) is 0 Å². The fourth-order valence-corrected chi connectivity index (χ4v) is 4.72. The molecule has 0 spiro atoms. The molecule has 31 heavy (non-hydrogen) atoms. The summed E-state index contributed by atoms with van der Waals surface area (Å²) in [7, 11) is 1.94. The average Bonchev–Trinajstić information content (AvgIpc) is 2.71. The van der Waals surface area contributed by atoms with Gasteiger partial charge in [-0.15, -0.1) is 11.8 Å². The van der Waals surface area contributed by atoms with E-state index >= 15 is 0 Å². The monoisotopic (exact) mass is 444 g/mol. The summed E-state index contributed by atoms with van der Waals surface area (Å²) in [6.07, 6.45) is 1.68. The molecule has 0 fully saturated rings. The number of hydrogen-bond acceptors (Lipinski definition) is 4. The van der Waals surface area contributed by atoms with Crippen LogP contribution in [0.4, 0.5) is 8.78 Å². The van der Waals surface area contributed by atoms with Crippen LogP contribution < -0.4 is 0 Å². The number of carboxylic acid groups (broad SMARTS) is 1. The van der Waals surface area contributed by atoms with Crippen LogP contribution >= 0.6 is 11.8 Å². The number of hydrogen-bond donors (Lipinski definition) is 1. The molecule has 0 radical (unpaired) electrons. The summed E-state index contributed by atoms with van der Waals surface area (Å²) < 4.78 is 27.1. The van der Waals surface area contributed by atoms with Crippen molar-refractivity contribution in [3.63, 3.8) is 0 Å². The van der Waals surface area contributed by atoms with Crippen molar-refractivity contribution in [3.05, 3.63) is 93.5 Å². The fourth-order valence-electron chi connectivity index (χ4n) is 3.72. The van der Waals surface area contributed by atoms with Crippen molar-refractivity contribution in [2.75, 3.05) is 12.8 Å². The van der Waals surface area contributed by atoms with E-state index in [0.717, 1.165) is 11.1 Å². The van der Waals surface area contributed by atoms with Gasteiger partial charge in [-0.1, -0.05) is 31.2 Å². The van der Waals surface area contributed by atoms with Gasteiger partial charge < -0.3 is 10.0 Å². The number of carbonyl (C=O) groups is 1. The molecule has 1 N–H and O–H groups in total. The molecule has 0 amide bonds. The number of nitrogens with zero attached hydrogens (tertiary/aromatic N) is 2. The molecule has 0 bridgehead atoms. The van der Waals surface area contributed by atoms with Crippen LogP contribution in [-0.4, -0.2) is 39.8 Å². The lowest BCUT2D eigenvalue weighted by atomic mass is 10.0. The van der Waals surface area contributed by atoms with Gasteiger partial charge in [0.2, 0.25) is 0 Å². The quantitative estimate of drug-likeness (QED) is 0.604. The Kier molecular flexibility index (Phi) is 7.51. The summed E-state index contributed by atoms with van der Waals surface area (Å²) in [6, 6.07) is 12.7. The minimum atomic E-state index is -0.978. The van der Waals surface area contributed by atoms with Crippen LogP contribution in [0.15, 0.2) is 70.8 Å². The Hall–Kier alpha value is -2.64. The van der Waals surface area contributed by atoms with Crippen LogP contribution in [0.25, 0.3) is 0 Å². The minimum Gasteiger partial charge on any atom is -0.478 e. The zero-order valence-electron chi connectivity index (χ0n) is 17.8. The van der Waals surface area contributed by atoms with E-state index in [0.29, 0.717) is 29.4 Å². The van der Waals surface area contributed by atoms with Crippen molar-refractivity contribution in [3.8, 4) is 0 Å². The lowest BCUT2D eigenvalue weighted by Crippen LogP contribution is -2.46. The molecule has 0 aromatic heterocycles. The van der Waals surface area contributed by atoms with Crippen molar-refractivity contribution in [1.29, 1.82) is 0 Å². The summed E-state index contributed by atoms with van der Waals surface area (Å²) in [6.45, 7) is 4.68. The predicted molar refractivity (Wildman–Crippen MR) is 120 cm³/mol. The normalized spacial score (nSPS) is 16.6. The second-order valence-electron chi connectivity index (χ2n) is 7.48. The van der Waals surface area contributed by atoms with E-state index in [1.54, 1.807) is 25.1 Å². The largest absolute Gasteiger partial charge is 0.478 e. The third-order valence-corrected chi connectivity index (χ3v) is 6.12. The summed E-state index contributed by atoms with van der Waals surface area (Å²) in [5, 5.41) is 10.5. The number of likely N-dealkylation sites (N-methyl/N-ethyl adjacent to an activating group) is 1. The van der Waals surface area contributed by atoms with E-state index in [1.165, 1.54) is 36.0 Å². The van der Waals surface area contributed by atoms with Gasteiger partial charge in [0.25, 0.3) is 0 Å². The lowest BCUT2D eigenvalue weighted by Gasteiger charge is -2.42. The summed E-state index contributed by atoms with van der Waals surface area (Å²) >= 11 is 1.47. The van der Waals surface area contributed by atoms with E-state index in [4.69, 9.17) is 0 Å². The number of carboxylic acids is 1. The van der Waals surface area contributed by atoms with Gasteiger partial charge in [-0.3, -0.25) is 4.90 Å². The SMILES string of the molecule is CCSC1=C(C(=O)O)C(C)=CC(N(C)Cc2ccc(F)cc2)N1Cc1cccc(F)c1. The average molecular weight is 445 g/mol. The molecule has 0 saturated carbocycles. The van der Waals surface area contributed by atoms with Crippen molar-refractivity contribution in [2.24, 2.45) is 0 Å². The van der Waals surface area contributed by atoms with E-state index in [9.17, 15) is 18.7 Å². The van der Waals surface area contributed by atoms with Gasteiger partial charge in [-0.05, 0) is 66.8 Å². The third-order valence-electron chi connectivity index (χ3n) is 5.12. The number of aliphatic carboxylic acids is 1. The van der Waals surface area contributed by atoms with Crippen LogP contribution in [0.5, 0.6) is 0 Å². The Morgan fingerprint density at radius 3 is 2.45 bits per heavy atom. The molecule has 1 unspecified atom stereocenters. The highest BCUT2D eigenvalue weighted by Crippen LogP contribution is 2.36. The first-order valence-electron chi connectivity index (χ1n) is 10.0. The van der Waals surface area contributed by atoms with Gasteiger partial charge in [0.15, 0.2) is 0 Å². The molecule has 2 aromatic rings. The smallest absolute Gasteiger partial charge is 0.338 e. The molecular formula is C24H26F2N2O2S. The first-order chi connectivity index (χ1) is 14.8. The van der Waals surface area contributed by atoms with Gasteiger partial charge in [-0.2, -0.15) is 0 Å². The zero-order chi connectivity index (χ0) is 22.5. The van der Waals surface area contributed by atoms with Crippen LogP contribution in [-0.2, 0) is 17.9 Å². The summed E-state index contributed by atoms with van der Waals surface area (Å²) in [4.78, 5) is 16.1. The number of benzene rings is 2. The second kappa shape index (κ2) is 10.1. The molecule has 0 saturated heterocycles. The highest BCUT2D eigenvalue weighted by Gasteiger charge is 2.33. The molecule has 1 heterocycles. The molecule has 0 aliphatic carbocycles. The maximum absolute atomic E-state index is 13.8. The molecular weight excluding hydrogens is 418 g/mol. The van der Waals surface area contributed by atoms with Crippen LogP contribution in [0.1, 0.15) is 25.0 Å². The maximum Gasteiger partial charge on any atom is 0.338 e. The highest BCUT2D eigenvalue weighted by atomic mass is 32.2. The molecule has 2 aromatic carbocycles. The Bertz CT molecular complexity index is 1000. The molecule has 3 rings (SSSR count). The van der Waals surface area contributed by atoms with Gasteiger partial charge in [0.1, 0.15) is 17.8 Å². The van der Waals surface area contributed by atoms with E-state index < -0.39 is 5.97 Å². The summed E-state index contributed by atoms with van der Waals surface area (Å²) in [5.74, 6) is -0.894. The van der Waals surface area contributed by atoms with Gasteiger partial charge in [0, 0.05) is 13.1 Å². The Morgan fingerprint density at radius 2 is 1.84 bits per heavy atom. The van der Waals surface area contributed by atoms with Crippen LogP contribution in [0, 0.1) is 11.6 Å². The summed E-state index contributed by atoms with van der Waals surface area (Å²) in [5.41, 5.74) is 2.66. The lowest BCUT2D eigenvalue weighted by molar-refractivity contribution is -0.132. The topological polar surface area (TPSA) is 43.8 Å². The first-order valence-corrected chi connectivity index (χ1v) is 11.0. The van der Waals surface area contributed by atoms with E-state index in [-0.39, 0.29) is 23.4 Å². The highest BCUT2D eigenvalue weighted by molar-refractivity contribution is 8.03. The van der Waals surface area contributed by atoms with Gasteiger partial charge in [0.05, 0.1) is 10.6 Å². The third kappa shape index (κ3) is 5.54. The number of rotatable bonds is 8. The molecule has 1 aliphatic rings. The molecule has 1 aliphatic heterocycles. The Labute approximate surface area is 185 Å². The van der Waals surface area contributed by atoms with Gasteiger partial charge in [-0.25, -0.2) is 13.6 Å².